The summed E-state index contributed by atoms with van der Waals surface area (Å²) in [6.07, 6.45) is 0. The fourth-order valence-corrected chi connectivity index (χ4v) is 2.15. The van der Waals surface area contributed by atoms with Gasteiger partial charge >= 0.3 is 0 Å². The number of carbonyl (C=O) groups excluding carboxylic acids is 1. The van der Waals surface area contributed by atoms with Gasteiger partial charge in [0.05, 0.1) is 12.2 Å². The molecule has 0 atom stereocenters. The van der Waals surface area contributed by atoms with Gasteiger partial charge in [0.25, 0.3) is 5.91 Å². The van der Waals surface area contributed by atoms with E-state index in [1.165, 1.54) is 5.56 Å². The van der Waals surface area contributed by atoms with E-state index in [0.29, 0.717) is 22.9 Å². The minimum atomic E-state index is -0.232. The molecule has 0 unspecified atom stereocenters. The molecule has 4 heteroatoms. The molecule has 1 amide bonds. The predicted molar refractivity (Wildman–Crippen MR) is 86.5 cm³/mol. The van der Waals surface area contributed by atoms with Crippen LogP contribution < -0.4 is 10.1 Å². The van der Waals surface area contributed by atoms with Crippen molar-refractivity contribution in [2.24, 2.45) is 0 Å². The van der Waals surface area contributed by atoms with Crippen molar-refractivity contribution in [3.63, 3.8) is 0 Å². The topological polar surface area (TPSA) is 38.3 Å². The summed E-state index contributed by atoms with van der Waals surface area (Å²) >= 11 is 5.97. The van der Waals surface area contributed by atoms with E-state index in [2.05, 4.69) is 5.32 Å². The highest BCUT2D eigenvalue weighted by Gasteiger charge is 2.13. The molecule has 0 aromatic heterocycles. The number of hydrogen-bond acceptors (Lipinski definition) is 2. The molecule has 0 heterocycles. The molecule has 0 aliphatic carbocycles. The first-order valence-corrected chi connectivity index (χ1v) is 7.20. The predicted octanol–water partition coefficient (Wildman–Crippen LogP) is 4.61. The lowest BCUT2D eigenvalue weighted by molar-refractivity contribution is 0.102. The van der Waals surface area contributed by atoms with Gasteiger partial charge in [0.1, 0.15) is 5.75 Å². The summed E-state index contributed by atoms with van der Waals surface area (Å²) in [4.78, 5) is 12.4. The number of aryl methyl sites for hydroxylation is 2. The number of carbonyl (C=O) groups is 1. The van der Waals surface area contributed by atoms with Crippen molar-refractivity contribution in [1.29, 1.82) is 0 Å². The second kappa shape index (κ2) is 6.64. The van der Waals surface area contributed by atoms with Gasteiger partial charge in [-0.1, -0.05) is 17.7 Å². The van der Waals surface area contributed by atoms with E-state index < -0.39 is 0 Å². The van der Waals surface area contributed by atoms with Crippen molar-refractivity contribution in [3.05, 3.63) is 58.1 Å². The van der Waals surface area contributed by atoms with Crippen LogP contribution in [0.15, 0.2) is 36.4 Å². The van der Waals surface area contributed by atoms with Gasteiger partial charge in [0.15, 0.2) is 0 Å². The van der Waals surface area contributed by atoms with Gasteiger partial charge in [0, 0.05) is 10.7 Å². The summed E-state index contributed by atoms with van der Waals surface area (Å²) in [6, 6.07) is 10.8. The van der Waals surface area contributed by atoms with E-state index in [9.17, 15) is 4.79 Å². The summed E-state index contributed by atoms with van der Waals surface area (Å²) in [7, 11) is 0. The molecule has 0 bridgehead atoms. The molecule has 2 aromatic rings. The molecule has 2 rings (SSSR count). The van der Waals surface area contributed by atoms with Crippen LogP contribution >= 0.6 is 11.6 Å². The summed E-state index contributed by atoms with van der Waals surface area (Å²) in [5.41, 5.74) is 3.50. The Morgan fingerprint density at radius 2 is 1.90 bits per heavy atom. The fraction of sp³-hybridized carbons (Fsp3) is 0.235. The van der Waals surface area contributed by atoms with E-state index in [1.807, 2.05) is 39.0 Å². The van der Waals surface area contributed by atoms with E-state index in [0.717, 1.165) is 11.3 Å². The standard InChI is InChI=1S/C17H18ClNO2/c1-4-21-16-8-6-13(18)10-15(16)17(20)19-14-7-5-11(2)12(3)9-14/h5-10H,4H2,1-3H3,(H,19,20). The van der Waals surface area contributed by atoms with E-state index in [1.54, 1.807) is 18.2 Å². The Morgan fingerprint density at radius 1 is 1.14 bits per heavy atom. The molecule has 1 N–H and O–H groups in total. The first kappa shape index (κ1) is 15.4. The van der Waals surface area contributed by atoms with Crippen molar-refractivity contribution in [2.45, 2.75) is 20.8 Å². The highest BCUT2D eigenvalue weighted by Crippen LogP contribution is 2.24. The van der Waals surface area contributed by atoms with Crippen LogP contribution in [0, 0.1) is 13.8 Å². The van der Waals surface area contributed by atoms with Gasteiger partial charge < -0.3 is 10.1 Å². The van der Waals surface area contributed by atoms with Crippen LogP contribution in [0.25, 0.3) is 0 Å². The van der Waals surface area contributed by atoms with Crippen LogP contribution in [0.5, 0.6) is 5.75 Å². The van der Waals surface area contributed by atoms with Gasteiger partial charge in [0.2, 0.25) is 0 Å². The Balaban J connectivity index is 2.27. The molecule has 0 spiro atoms. The maximum absolute atomic E-state index is 12.4. The lowest BCUT2D eigenvalue weighted by Gasteiger charge is -2.12. The Labute approximate surface area is 129 Å². The zero-order valence-electron chi connectivity index (χ0n) is 12.4. The smallest absolute Gasteiger partial charge is 0.259 e. The van der Waals surface area contributed by atoms with E-state index in [-0.39, 0.29) is 5.91 Å². The first-order chi connectivity index (χ1) is 10.0. The number of nitrogens with one attached hydrogen (secondary N) is 1. The largest absolute Gasteiger partial charge is 0.493 e. The maximum atomic E-state index is 12.4. The van der Waals surface area contributed by atoms with Gasteiger partial charge in [-0.15, -0.1) is 0 Å². The highest BCUT2D eigenvalue weighted by atomic mass is 35.5. The number of halogens is 1. The van der Waals surface area contributed by atoms with Gasteiger partial charge in [-0.2, -0.15) is 0 Å². The molecular formula is C17H18ClNO2. The van der Waals surface area contributed by atoms with Crippen LogP contribution in [0.2, 0.25) is 5.02 Å². The van der Waals surface area contributed by atoms with Crippen molar-refractivity contribution in [2.75, 3.05) is 11.9 Å². The fourth-order valence-electron chi connectivity index (χ4n) is 1.98. The number of hydrogen-bond donors (Lipinski definition) is 1. The Hall–Kier alpha value is -2.00. The number of rotatable bonds is 4. The molecule has 0 radical (unpaired) electrons. The molecule has 0 saturated carbocycles. The number of anilines is 1. The van der Waals surface area contributed by atoms with E-state index >= 15 is 0 Å². The summed E-state index contributed by atoms with van der Waals surface area (Å²) in [5, 5.41) is 3.38. The molecule has 21 heavy (non-hydrogen) atoms. The van der Waals surface area contributed by atoms with Crippen molar-refractivity contribution in [3.8, 4) is 5.75 Å². The lowest BCUT2D eigenvalue weighted by Crippen LogP contribution is -2.14. The third kappa shape index (κ3) is 3.76. The molecule has 3 nitrogen and oxygen atoms in total. The molecule has 110 valence electrons. The second-order valence-electron chi connectivity index (χ2n) is 4.83. The molecule has 0 fully saturated rings. The van der Waals surface area contributed by atoms with Crippen LogP contribution in [-0.4, -0.2) is 12.5 Å². The Kier molecular flexibility index (Phi) is 4.86. The minimum Gasteiger partial charge on any atom is -0.493 e. The van der Waals surface area contributed by atoms with Crippen molar-refractivity contribution < 1.29 is 9.53 Å². The Bertz CT molecular complexity index is 668. The molecule has 0 saturated heterocycles. The number of ether oxygens (including phenoxy) is 1. The van der Waals surface area contributed by atoms with Gasteiger partial charge in [-0.3, -0.25) is 4.79 Å². The van der Waals surface area contributed by atoms with Crippen molar-refractivity contribution >= 4 is 23.2 Å². The summed E-state index contributed by atoms with van der Waals surface area (Å²) < 4.78 is 5.47. The lowest BCUT2D eigenvalue weighted by atomic mass is 10.1. The van der Waals surface area contributed by atoms with E-state index in [4.69, 9.17) is 16.3 Å². The molecular weight excluding hydrogens is 286 g/mol. The Morgan fingerprint density at radius 3 is 2.57 bits per heavy atom. The van der Waals surface area contributed by atoms with Gasteiger partial charge in [-0.25, -0.2) is 0 Å². The monoisotopic (exact) mass is 303 g/mol. The molecule has 2 aromatic carbocycles. The zero-order chi connectivity index (χ0) is 15.4. The average Bonchev–Trinajstić information content (AvgIpc) is 2.45. The normalized spacial score (nSPS) is 10.3. The van der Waals surface area contributed by atoms with Crippen LogP contribution in [0.3, 0.4) is 0 Å². The number of amides is 1. The minimum absolute atomic E-state index is 0.232. The van der Waals surface area contributed by atoms with Crippen molar-refractivity contribution in [1.82, 2.24) is 0 Å². The third-order valence-corrected chi connectivity index (χ3v) is 3.49. The van der Waals surface area contributed by atoms with Crippen LogP contribution in [0.1, 0.15) is 28.4 Å². The van der Waals surface area contributed by atoms with Crippen LogP contribution in [-0.2, 0) is 0 Å². The summed E-state index contributed by atoms with van der Waals surface area (Å²) in [5.74, 6) is 0.299. The summed E-state index contributed by atoms with van der Waals surface area (Å²) in [6.45, 7) is 6.41. The SMILES string of the molecule is CCOc1ccc(Cl)cc1C(=O)Nc1ccc(C)c(C)c1. The average molecular weight is 304 g/mol. The third-order valence-electron chi connectivity index (χ3n) is 3.25. The highest BCUT2D eigenvalue weighted by molar-refractivity contribution is 6.31. The van der Waals surface area contributed by atoms with Crippen LogP contribution in [0.4, 0.5) is 5.69 Å². The second-order valence-corrected chi connectivity index (χ2v) is 5.26. The molecule has 0 aliphatic heterocycles. The van der Waals surface area contributed by atoms with Gasteiger partial charge in [-0.05, 0) is 62.2 Å². The quantitative estimate of drug-likeness (QED) is 0.896. The zero-order valence-corrected chi connectivity index (χ0v) is 13.1. The molecule has 0 aliphatic rings. The number of benzene rings is 2. The first-order valence-electron chi connectivity index (χ1n) is 6.82. The maximum Gasteiger partial charge on any atom is 0.259 e.